The Morgan fingerprint density at radius 2 is 1.60 bits per heavy atom. The molecule has 1 aliphatic heterocycles. The van der Waals surface area contributed by atoms with E-state index in [2.05, 4.69) is 5.32 Å². The standard InChI is InChI=1S/C19H22N2O3S/c22-19-18(13-7-8-14-20-19)21(15-16-9-3-1-4-10-16)25(23,24)17-11-5-2-6-12-17/h1-6,9-12,18H,7-8,13-15H2,(H,20,22). The van der Waals surface area contributed by atoms with E-state index in [0.717, 1.165) is 18.4 Å². The Hall–Kier alpha value is -2.18. The number of hydrogen-bond donors (Lipinski definition) is 1. The highest BCUT2D eigenvalue weighted by molar-refractivity contribution is 7.89. The summed E-state index contributed by atoms with van der Waals surface area (Å²) < 4.78 is 27.8. The summed E-state index contributed by atoms with van der Waals surface area (Å²) in [5, 5.41) is 2.84. The Bertz CT molecular complexity index is 807. The molecule has 1 saturated heterocycles. The van der Waals surface area contributed by atoms with Crippen molar-refractivity contribution >= 4 is 15.9 Å². The summed E-state index contributed by atoms with van der Waals surface area (Å²) in [5.41, 5.74) is 0.860. The second-order valence-electron chi connectivity index (χ2n) is 6.15. The van der Waals surface area contributed by atoms with E-state index in [9.17, 15) is 13.2 Å². The Morgan fingerprint density at radius 1 is 0.960 bits per heavy atom. The van der Waals surface area contributed by atoms with Crippen molar-refractivity contribution in [2.75, 3.05) is 6.54 Å². The van der Waals surface area contributed by atoms with Gasteiger partial charge in [0.05, 0.1) is 4.90 Å². The quantitative estimate of drug-likeness (QED) is 0.893. The number of carbonyl (C=O) groups is 1. The molecule has 2 aromatic rings. The number of amides is 1. The van der Waals surface area contributed by atoms with Crippen molar-refractivity contribution in [2.24, 2.45) is 0 Å². The van der Waals surface area contributed by atoms with Crippen molar-refractivity contribution in [3.8, 4) is 0 Å². The molecule has 1 amide bonds. The number of hydrogen-bond acceptors (Lipinski definition) is 3. The molecule has 0 radical (unpaired) electrons. The molecule has 6 heteroatoms. The van der Waals surface area contributed by atoms with Crippen LogP contribution in [0.5, 0.6) is 0 Å². The molecule has 0 saturated carbocycles. The largest absolute Gasteiger partial charge is 0.355 e. The monoisotopic (exact) mass is 358 g/mol. The number of sulfonamides is 1. The fourth-order valence-corrected chi connectivity index (χ4v) is 4.68. The maximum atomic E-state index is 13.2. The first-order valence-corrected chi connectivity index (χ1v) is 9.91. The van der Waals surface area contributed by atoms with Gasteiger partial charge in [-0.1, -0.05) is 48.5 Å². The molecule has 1 N–H and O–H groups in total. The highest BCUT2D eigenvalue weighted by Crippen LogP contribution is 2.24. The molecule has 0 spiro atoms. The van der Waals surface area contributed by atoms with Gasteiger partial charge in [0.25, 0.3) is 0 Å². The van der Waals surface area contributed by atoms with Gasteiger partial charge in [-0.05, 0) is 37.0 Å². The van der Waals surface area contributed by atoms with Crippen LogP contribution in [0.15, 0.2) is 65.6 Å². The molecule has 1 fully saturated rings. The lowest BCUT2D eigenvalue weighted by Gasteiger charge is -2.29. The molecule has 0 bridgehead atoms. The summed E-state index contributed by atoms with van der Waals surface area (Å²) in [6.07, 6.45) is 2.22. The Morgan fingerprint density at radius 3 is 2.28 bits per heavy atom. The van der Waals surface area contributed by atoms with E-state index < -0.39 is 16.1 Å². The Balaban J connectivity index is 2.00. The maximum Gasteiger partial charge on any atom is 0.244 e. The van der Waals surface area contributed by atoms with Crippen LogP contribution in [0.25, 0.3) is 0 Å². The van der Waals surface area contributed by atoms with E-state index in [-0.39, 0.29) is 17.3 Å². The third-order valence-electron chi connectivity index (χ3n) is 4.38. The van der Waals surface area contributed by atoms with E-state index in [1.807, 2.05) is 30.3 Å². The summed E-state index contributed by atoms with van der Waals surface area (Å²) in [6, 6.07) is 17.0. The van der Waals surface area contributed by atoms with Crippen molar-refractivity contribution < 1.29 is 13.2 Å². The van der Waals surface area contributed by atoms with Crippen molar-refractivity contribution in [3.05, 3.63) is 66.2 Å². The molecule has 5 nitrogen and oxygen atoms in total. The van der Waals surface area contributed by atoms with Crippen molar-refractivity contribution in [1.29, 1.82) is 0 Å². The van der Waals surface area contributed by atoms with Gasteiger partial charge in [0.1, 0.15) is 6.04 Å². The number of benzene rings is 2. The molecule has 1 aliphatic rings. The van der Waals surface area contributed by atoms with Crippen LogP contribution in [0.3, 0.4) is 0 Å². The van der Waals surface area contributed by atoms with Crippen LogP contribution in [0, 0.1) is 0 Å². The molecule has 2 aromatic carbocycles. The second-order valence-corrected chi connectivity index (χ2v) is 8.04. The van der Waals surface area contributed by atoms with Crippen LogP contribution < -0.4 is 5.32 Å². The predicted molar refractivity (Wildman–Crippen MR) is 96.3 cm³/mol. The fraction of sp³-hybridized carbons (Fsp3) is 0.316. The van der Waals surface area contributed by atoms with E-state index in [1.54, 1.807) is 30.3 Å². The lowest BCUT2D eigenvalue weighted by atomic mass is 10.1. The summed E-state index contributed by atoms with van der Waals surface area (Å²) >= 11 is 0. The number of rotatable bonds is 5. The van der Waals surface area contributed by atoms with Gasteiger partial charge in [-0.25, -0.2) is 8.42 Å². The molecule has 1 unspecified atom stereocenters. The minimum Gasteiger partial charge on any atom is -0.355 e. The zero-order valence-corrected chi connectivity index (χ0v) is 14.8. The number of nitrogens with one attached hydrogen (secondary N) is 1. The van der Waals surface area contributed by atoms with Crippen molar-refractivity contribution in [1.82, 2.24) is 9.62 Å². The SMILES string of the molecule is O=C1NCCCCC1N(Cc1ccccc1)S(=O)(=O)c1ccccc1. The second kappa shape index (κ2) is 7.80. The van der Waals surface area contributed by atoms with Gasteiger partial charge >= 0.3 is 0 Å². The lowest BCUT2D eigenvalue weighted by molar-refractivity contribution is -0.124. The van der Waals surface area contributed by atoms with Crippen LogP contribution in [0.1, 0.15) is 24.8 Å². The summed E-state index contributed by atoms with van der Waals surface area (Å²) in [7, 11) is -3.78. The molecular formula is C19H22N2O3S. The highest BCUT2D eigenvalue weighted by atomic mass is 32.2. The van der Waals surface area contributed by atoms with Crippen LogP contribution in [-0.4, -0.2) is 31.2 Å². The molecule has 1 heterocycles. The molecule has 0 aliphatic carbocycles. The summed E-state index contributed by atoms with van der Waals surface area (Å²) in [4.78, 5) is 12.7. The van der Waals surface area contributed by atoms with Gasteiger partial charge in [-0.15, -0.1) is 0 Å². The molecule has 25 heavy (non-hydrogen) atoms. The third kappa shape index (κ3) is 4.08. The molecular weight excluding hydrogens is 336 g/mol. The van der Waals surface area contributed by atoms with E-state index in [4.69, 9.17) is 0 Å². The zero-order valence-electron chi connectivity index (χ0n) is 14.0. The summed E-state index contributed by atoms with van der Waals surface area (Å²) in [5.74, 6) is -0.215. The van der Waals surface area contributed by atoms with Crippen molar-refractivity contribution in [2.45, 2.75) is 36.7 Å². The minimum atomic E-state index is -3.78. The first-order valence-electron chi connectivity index (χ1n) is 8.47. The van der Waals surface area contributed by atoms with Crippen LogP contribution in [0.2, 0.25) is 0 Å². The third-order valence-corrected chi connectivity index (χ3v) is 6.25. The van der Waals surface area contributed by atoms with Crippen molar-refractivity contribution in [3.63, 3.8) is 0 Å². The van der Waals surface area contributed by atoms with E-state index in [1.165, 1.54) is 4.31 Å². The summed E-state index contributed by atoms with van der Waals surface area (Å²) in [6.45, 7) is 0.774. The fourth-order valence-electron chi connectivity index (χ4n) is 3.05. The average Bonchev–Trinajstić information content (AvgIpc) is 2.85. The van der Waals surface area contributed by atoms with Gasteiger partial charge in [0.2, 0.25) is 15.9 Å². The molecule has 3 rings (SSSR count). The van der Waals surface area contributed by atoms with Gasteiger partial charge in [0, 0.05) is 13.1 Å². The van der Waals surface area contributed by atoms with E-state index in [0.29, 0.717) is 13.0 Å². The maximum absolute atomic E-state index is 13.2. The molecule has 0 aromatic heterocycles. The smallest absolute Gasteiger partial charge is 0.244 e. The Labute approximate surface area is 148 Å². The first-order chi connectivity index (χ1) is 12.1. The lowest BCUT2D eigenvalue weighted by Crippen LogP contribution is -2.48. The van der Waals surface area contributed by atoms with Gasteiger partial charge in [0.15, 0.2) is 0 Å². The first kappa shape index (κ1) is 17.6. The zero-order chi connectivity index (χ0) is 17.7. The van der Waals surface area contributed by atoms with Crippen LogP contribution in [-0.2, 0) is 21.4 Å². The number of carbonyl (C=O) groups excluding carboxylic acids is 1. The Kier molecular flexibility index (Phi) is 5.50. The number of nitrogens with zero attached hydrogens (tertiary/aromatic N) is 1. The van der Waals surface area contributed by atoms with Gasteiger partial charge in [-0.3, -0.25) is 4.79 Å². The van der Waals surface area contributed by atoms with E-state index >= 15 is 0 Å². The topological polar surface area (TPSA) is 66.5 Å². The average molecular weight is 358 g/mol. The normalized spacial score (nSPS) is 18.6. The minimum absolute atomic E-state index is 0.177. The van der Waals surface area contributed by atoms with Gasteiger partial charge in [-0.2, -0.15) is 4.31 Å². The van der Waals surface area contributed by atoms with Crippen LogP contribution in [0.4, 0.5) is 0 Å². The molecule has 1 atom stereocenters. The highest BCUT2D eigenvalue weighted by Gasteiger charge is 2.36. The van der Waals surface area contributed by atoms with Crippen LogP contribution >= 0.6 is 0 Å². The molecule has 132 valence electrons. The predicted octanol–water partition coefficient (Wildman–Crippen LogP) is 2.55. The van der Waals surface area contributed by atoms with Gasteiger partial charge < -0.3 is 5.32 Å².